The summed E-state index contributed by atoms with van der Waals surface area (Å²) < 4.78 is 21.0. The quantitative estimate of drug-likeness (QED) is 0.806. The van der Waals surface area contributed by atoms with Gasteiger partial charge in [0, 0.05) is 23.6 Å². The van der Waals surface area contributed by atoms with Crippen molar-refractivity contribution in [3.8, 4) is 22.8 Å². The van der Waals surface area contributed by atoms with Crippen LogP contribution in [0.15, 0.2) is 24.3 Å². The molecule has 0 saturated carbocycles. The molecule has 22 heavy (non-hydrogen) atoms. The van der Waals surface area contributed by atoms with Gasteiger partial charge in [-0.1, -0.05) is 0 Å². The predicted molar refractivity (Wildman–Crippen MR) is 81.5 cm³/mol. The van der Waals surface area contributed by atoms with Crippen LogP contribution in [-0.4, -0.2) is 27.0 Å². The molecule has 1 N–H and O–H groups in total. The van der Waals surface area contributed by atoms with Gasteiger partial charge in [-0.15, -0.1) is 0 Å². The van der Waals surface area contributed by atoms with E-state index in [1.165, 1.54) is 13.2 Å². The number of nitrogens with zero attached hydrogens (tertiary/aromatic N) is 3. The number of benzene rings is 1. The molecule has 2 heterocycles. The Morgan fingerprint density at radius 2 is 2.09 bits per heavy atom. The van der Waals surface area contributed by atoms with Crippen molar-refractivity contribution in [3.63, 3.8) is 0 Å². The maximum absolute atomic E-state index is 14.2. The molecule has 5 nitrogen and oxygen atoms in total. The van der Waals surface area contributed by atoms with Gasteiger partial charge in [0.05, 0.1) is 12.8 Å². The number of methoxy groups -OCH3 is 1. The molecule has 0 atom stereocenters. The smallest absolute Gasteiger partial charge is 0.158 e. The number of ether oxygens (including phenoxy) is 1. The van der Waals surface area contributed by atoms with Crippen molar-refractivity contribution in [1.82, 2.24) is 14.8 Å². The standard InChI is InChI=1S/C16H16FN3O2/c1-4-20-16-12(9(2)19-20)8-14(21)15(18-16)11-6-5-10(22-3)7-13(11)17/h5-8,21H,4H2,1-3H3. The van der Waals surface area contributed by atoms with Crippen LogP contribution in [0.5, 0.6) is 11.5 Å². The van der Waals surface area contributed by atoms with Crippen molar-refractivity contribution < 1.29 is 14.2 Å². The predicted octanol–water partition coefficient (Wildman–Crippen LogP) is 3.28. The first-order valence-electron chi connectivity index (χ1n) is 6.96. The van der Waals surface area contributed by atoms with E-state index in [1.807, 2.05) is 13.8 Å². The molecule has 6 heteroatoms. The van der Waals surface area contributed by atoms with Gasteiger partial charge in [0.25, 0.3) is 0 Å². The van der Waals surface area contributed by atoms with Gasteiger partial charge in [-0.25, -0.2) is 14.1 Å². The first-order valence-corrected chi connectivity index (χ1v) is 6.96. The number of hydrogen-bond acceptors (Lipinski definition) is 4. The van der Waals surface area contributed by atoms with Gasteiger partial charge in [0.1, 0.15) is 23.0 Å². The summed E-state index contributed by atoms with van der Waals surface area (Å²) in [4.78, 5) is 4.42. The first-order chi connectivity index (χ1) is 10.5. The fourth-order valence-electron chi connectivity index (χ4n) is 2.47. The average molecular weight is 301 g/mol. The minimum absolute atomic E-state index is 0.0738. The first kappa shape index (κ1) is 14.3. The average Bonchev–Trinajstić information content (AvgIpc) is 2.82. The number of halogens is 1. The molecule has 0 bridgehead atoms. The number of aryl methyl sites for hydroxylation is 2. The second-order valence-electron chi connectivity index (χ2n) is 4.97. The Kier molecular flexibility index (Phi) is 3.44. The zero-order valence-corrected chi connectivity index (χ0v) is 12.6. The lowest BCUT2D eigenvalue weighted by Gasteiger charge is -2.08. The SMILES string of the molecule is CCn1nc(C)c2cc(O)c(-c3ccc(OC)cc3F)nc21. The van der Waals surface area contributed by atoms with Crippen LogP contribution < -0.4 is 4.74 Å². The van der Waals surface area contributed by atoms with Gasteiger partial charge in [0.15, 0.2) is 5.65 Å². The lowest BCUT2D eigenvalue weighted by atomic mass is 10.1. The van der Waals surface area contributed by atoms with Crippen molar-refractivity contribution >= 4 is 11.0 Å². The summed E-state index contributed by atoms with van der Waals surface area (Å²) in [5, 5.41) is 15.3. The summed E-state index contributed by atoms with van der Waals surface area (Å²) >= 11 is 0. The van der Waals surface area contributed by atoms with Crippen molar-refractivity contribution in [3.05, 3.63) is 35.8 Å². The Morgan fingerprint density at radius 3 is 2.73 bits per heavy atom. The molecular weight excluding hydrogens is 285 g/mol. The summed E-state index contributed by atoms with van der Waals surface area (Å²) in [7, 11) is 1.47. The number of pyridine rings is 1. The zero-order chi connectivity index (χ0) is 15.9. The number of aromatic hydroxyl groups is 1. The lowest BCUT2D eigenvalue weighted by Crippen LogP contribution is -1.99. The van der Waals surface area contributed by atoms with Gasteiger partial charge >= 0.3 is 0 Å². The van der Waals surface area contributed by atoms with E-state index in [4.69, 9.17) is 4.74 Å². The molecule has 0 aliphatic carbocycles. The Labute approximate surface area is 127 Å². The van der Waals surface area contributed by atoms with E-state index in [0.29, 0.717) is 17.9 Å². The van der Waals surface area contributed by atoms with Crippen molar-refractivity contribution in [2.75, 3.05) is 7.11 Å². The Bertz CT molecular complexity index is 858. The number of rotatable bonds is 3. The zero-order valence-electron chi connectivity index (χ0n) is 12.6. The van der Waals surface area contributed by atoms with E-state index in [0.717, 1.165) is 11.1 Å². The van der Waals surface area contributed by atoms with Gasteiger partial charge < -0.3 is 9.84 Å². The highest BCUT2D eigenvalue weighted by Crippen LogP contribution is 2.34. The second kappa shape index (κ2) is 5.29. The second-order valence-corrected chi connectivity index (χ2v) is 4.97. The molecule has 3 aromatic rings. The summed E-state index contributed by atoms with van der Waals surface area (Å²) in [6, 6.07) is 6.02. The van der Waals surface area contributed by atoms with E-state index < -0.39 is 5.82 Å². The fourth-order valence-corrected chi connectivity index (χ4v) is 2.47. The highest BCUT2D eigenvalue weighted by atomic mass is 19.1. The molecular formula is C16H16FN3O2. The Hall–Kier alpha value is -2.63. The fraction of sp³-hybridized carbons (Fsp3) is 0.250. The third-order valence-corrected chi connectivity index (χ3v) is 3.62. The van der Waals surface area contributed by atoms with Crippen molar-refractivity contribution in [1.29, 1.82) is 0 Å². The monoisotopic (exact) mass is 301 g/mol. The lowest BCUT2D eigenvalue weighted by molar-refractivity contribution is 0.411. The van der Waals surface area contributed by atoms with E-state index >= 15 is 0 Å². The molecule has 2 aromatic heterocycles. The van der Waals surface area contributed by atoms with Crippen LogP contribution in [-0.2, 0) is 6.54 Å². The minimum atomic E-state index is -0.499. The van der Waals surface area contributed by atoms with Crippen LogP contribution in [0, 0.1) is 12.7 Å². The van der Waals surface area contributed by atoms with Crippen LogP contribution in [0.4, 0.5) is 4.39 Å². The summed E-state index contributed by atoms with van der Waals surface area (Å²) in [6.07, 6.45) is 0. The van der Waals surface area contributed by atoms with Gasteiger partial charge in [-0.3, -0.25) is 0 Å². The number of hydrogen-bond donors (Lipinski definition) is 1. The summed E-state index contributed by atoms with van der Waals surface area (Å²) in [6.45, 7) is 4.45. The van der Waals surface area contributed by atoms with E-state index in [9.17, 15) is 9.50 Å². The van der Waals surface area contributed by atoms with Crippen molar-refractivity contribution in [2.45, 2.75) is 20.4 Å². The van der Waals surface area contributed by atoms with E-state index in [1.54, 1.807) is 22.9 Å². The van der Waals surface area contributed by atoms with E-state index in [-0.39, 0.29) is 17.0 Å². The molecule has 0 saturated heterocycles. The topological polar surface area (TPSA) is 60.2 Å². The molecule has 0 aliphatic rings. The number of fused-ring (bicyclic) bond motifs is 1. The summed E-state index contributed by atoms with van der Waals surface area (Å²) in [5.74, 6) is -0.160. The third kappa shape index (κ3) is 2.16. The van der Waals surface area contributed by atoms with Crippen LogP contribution >= 0.6 is 0 Å². The van der Waals surface area contributed by atoms with E-state index in [2.05, 4.69) is 10.1 Å². The highest BCUT2D eigenvalue weighted by Gasteiger charge is 2.17. The highest BCUT2D eigenvalue weighted by molar-refractivity contribution is 5.84. The molecule has 0 spiro atoms. The molecule has 0 fully saturated rings. The maximum Gasteiger partial charge on any atom is 0.158 e. The van der Waals surface area contributed by atoms with Crippen LogP contribution in [0.1, 0.15) is 12.6 Å². The third-order valence-electron chi connectivity index (χ3n) is 3.62. The Balaban J connectivity index is 2.24. The maximum atomic E-state index is 14.2. The molecule has 0 radical (unpaired) electrons. The molecule has 1 aromatic carbocycles. The molecule has 0 aliphatic heterocycles. The minimum Gasteiger partial charge on any atom is -0.506 e. The number of aromatic nitrogens is 3. The van der Waals surface area contributed by atoms with Crippen molar-refractivity contribution in [2.24, 2.45) is 0 Å². The van der Waals surface area contributed by atoms with Crippen LogP contribution in [0.2, 0.25) is 0 Å². The van der Waals surface area contributed by atoms with Gasteiger partial charge in [-0.2, -0.15) is 5.10 Å². The molecule has 3 rings (SSSR count). The Morgan fingerprint density at radius 1 is 1.32 bits per heavy atom. The van der Waals surface area contributed by atoms with Crippen LogP contribution in [0.25, 0.3) is 22.3 Å². The summed E-state index contributed by atoms with van der Waals surface area (Å²) in [5.41, 5.74) is 1.83. The molecule has 114 valence electrons. The van der Waals surface area contributed by atoms with Crippen LogP contribution in [0.3, 0.4) is 0 Å². The molecule has 0 unspecified atom stereocenters. The van der Waals surface area contributed by atoms with Gasteiger partial charge in [-0.05, 0) is 32.0 Å². The normalized spacial score (nSPS) is 11.1. The van der Waals surface area contributed by atoms with Gasteiger partial charge in [0.2, 0.25) is 0 Å². The largest absolute Gasteiger partial charge is 0.506 e. The molecule has 0 amide bonds.